The third-order valence-corrected chi connectivity index (χ3v) is 7.74. The highest BCUT2D eigenvalue weighted by molar-refractivity contribution is 7.88. The maximum Gasteiger partial charge on any atom is 0.252 e. The summed E-state index contributed by atoms with van der Waals surface area (Å²) in [6, 6.07) is 3.94. The van der Waals surface area contributed by atoms with Crippen molar-refractivity contribution in [2.24, 2.45) is 11.7 Å². The number of primary amides is 1. The fraction of sp³-hybridized carbons (Fsp3) is 0.526. The third kappa shape index (κ3) is 3.33. The zero-order valence-corrected chi connectivity index (χ0v) is 16.7. The minimum atomic E-state index is -3.94. The largest absolute Gasteiger partial charge is 0.367 e. The number of nitrogens with zero attached hydrogens (tertiary/aromatic N) is 3. The van der Waals surface area contributed by atoms with E-state index in [0.29, 0.717) is 18.0 Å². The van der Waals surface area contributed by atoms with Crippen LogP contribution in [0.2, 0.25) is 0 Å². The standard InChI is InChI=1S/C19H23N4O5S/c20-18(26)19-15(8-10-22(19)17(25)7-6-13-4-5-13)23(11-16(19)24)29(27,28)12-14-3-1-2-9-21-14/h1-3,7,9,13,15H,4-6,8,10-12H2,(H2,20,26). The molecule has 4 rings (SSSR count). The van der Waals surface area contributed by atoms with E-state index < -0.39 is 51.5 Å². The van der Waals surface area contributed by atoms with Gasteiger partial charge in [-0.05, 0) is 30.9 Å². The Labute approximate surface area is 169 Å². The van der Waals surface area contributed by atoms with E-state index in [1.54, 1.807) is 18.2 Å². The molecule has 2 atom stereocenters. The van der Waals surface area contributed by atoms with Gasteiger partial charge in [0.05, 0.1) is 24.7 Å². The Morgan fingerprint density at radius 3 is 2.66 bits per heavy atom. The molecule has 1 saturated carbocycles. The highest BCUT2D eigenvalue weighted by atomic mass is 32.2. The molecule has 2 N–H and O–H groups in total. The predicted molar refractivity (Wildman–Crippen MR) is 102 cm³/mol. The Morgan fingerprint density at radius 2 is 2.03 bits per heavy atom. The number of hydrogen-bond donors (Lipinski definition) is 1. The van der Waals surface area contributed by atoms with Crippen LogP contribution in [-0.4, -0.2) is 64.9 Å². The Kier molecular flexibility index (Phi) is 4.94. The van der Waals surface area contributed by atoms with Crippen LogP contribution in [0.3, 0.4) is 0 Å². The monoisotopic (exact) mass is 419 g/mol. The van der Waals surface area contributed by atoms with E-state index in [1.165, 1.54) is 17.5 Å². The summed E-state index contributed by atoms with van der Waals surface area (Å²) < 4.78 is 27.1. The van der Waals surface area contributed by atoms with Gasteiger partial charge < -0.3 is 10.6 Å². The number of ketones is 1. The van der Waals surface area contributed by atoms with Gasteiger partial charge in [0.1, 0.15) is 5.75 Å². The molecule has 2 saturated heterocycles. The lowest BCUT2D eigenvalue weighted by Crippen LogP contribution is -2.64. The Balaban J connectivity index is 1.61. The van der Waals surface area contributed by atoms with Crippen molar-refractivity contribution in [1.29, 1.82) is 0 Å². The first kappa shape index (κ1) is 20.0. The van der Waals surface area contributed by atoms with Gasteiger partial charge in [-0.1, -0.05) is 18.9 Å². The predicted octanol–water partition coefficient (Wildman–Crippen LogP) is -0.375. The van der Waals surface area contributed by atoms with Crippen LogP contribution >= 0.6 is 0 Å². The first-order chi connectivity index (χ1) is 13.8. The smallest absolute Gasteiger partial charge is 0.252 e. The summed E-state index contributed by atoms with van der Waals surface area (Å²) in [5.41, 5.74) is 4.01. The lowest BCUT2D eigenvalue weighted by Gasteiger charge is -2.34. The molecular weight excluding hydrogens is 396 g/mol. The van der Waals surface area contributed by atoms with Crippen molar-refractivity contribution >= 4 is 27.6 Å². The van der Waals surface area contributed by atoms with E-state index >= 15 is 0 Å². The third-order valence-electron chi connectivity index (χ3n) is 5.98. The van der Waals surface area contributed by atoms with Crippen molar-refractivity contribution in [2.45, 2.75) is 43.0 Å². The summed E-state index contributed by atoms with van der Waals surface area (Å²) in [5.74, 6) is -1.99. The van der Waals surface area contributed by atoms with Crippen molar-refractivity contribution < 1.29 is 22.8 Å². The van der Waals surface area contributed by atoms with Crippen molar-refractivity contribution in [3.05, 3.63) is 36.5 Å². The number of amides is 2. The SMILES string of the molecule is NC(=O)C12C(=O)CN(S(=O)(=O)Cc3ccccn3)C1CCN2C(=O)[CH]CC1CC1. The number of pyridine rings is 1. The van der Waals surface area contributed by atoms with Crippen LogP contribution in [0.15, 0.2) is 24.4 Å². The highest BCUT2D eigenvalue weighted by Gasteiger charge is 2.68. The lowest BCUT2D eigenvalue weighted by atomic mass is 9.89. The van der Waals surface area contributed by atoms with Gasteiger partial charge in [0, 0.05) is 12.7 Å². The van der Waals surface area contributed by atoms with Crippen molar-refractivity contribution in [3.63, 3.8) is 0 Å². The molecule has 3 aliphatic rings. The zero-order valence-electron chi connectivity index (χ0n) is 15.9. The van der Waals surface area contributed by atoms with E-state index in [9.17, 15) is 22.8 Å². The number of aromatic nitrogens is 1. The van der Waals surface area contributed by atoms with Gasteiger partial charge in [-0.2, -0.15) is 4.31 Å². The molecule has 1 radical (unpaired) electrons. The number of likely N-dealkylation sites (tertiary alicyclic amines) is 1. The molecule has 2 aliphatic heterocycles. The van der Waals surface area contributed by atoms with Gasteiger partial charge in [0.25, 0.3) is 5.91 Å². The normalized spacial score (nSPS) is 27.2. The molecular formula is C19H23N4O5S. The molecule has 29 heavy (non-hydrogen) atoms. The molecule has 10 heteroatoms. The fourth-order valence-corrected chi connectivity index (χ4v) is 6.04. The molecule has 1 aromatic heterocycles. The van der Waals surface area contributed by atoms with Gasteiger partial charge in [-0.15, -0.1) is 0 Å². The van der Waals surface area contributed by atoms with Crippen molar-refractivity contribution in [1.82, 2.24) is 14.2 Å². The number of nitrogens with two attached hydrogens (primary N) is 1. The molecule has 2 unspecified atom stereocenters. The minimum absolute atomic E-state index is 0.106. The molecule has 0 spiro atoms. The van der Waals surface area contributed by atoms with Gasteiger partial charge in [-0.25, -0.2) is 8.42 Å². The quantitative estimate of drug-likeness (QED) is 0.600. The molecule has 3 fully saturated rings. The summed E-state index contributed by atoms with van der Waals surface area (Å²) >= 11 is 0. The van der Waals surface area contributed by atoms with E-state index in [-0.39, 0.29) is 13.0 Å². The number of rotatable bonds is 7. The molecule has 1 aliphatic carbocycles. The first-order valence-electron chi connectivity index (χ1n) is 9.64. The summed E-state index contributed by atoms with van der Waals surface area (Å²) in [5, 5.41) is 0. The van der Waals surface area contributed by atoms with Gasteiger partial charge in [0.15, 0.2) is 11.3 Å². The van der Waals surface area contributed by atoms with Crippen LogP contribution < -0.4 is 5.73 Å². The fourth-order valence-electron chi connectivity index (χ4n) is 4.37. The van der Waals surface area contributed by atoms with Crippen molar-refractivity contribution in [3.8, 4) is 0 Å². The average Bonchev–Trinajstić information content (AvgIpc) is 3.33. The second kappa shape index (κ2) is 7.17. The van der Waals surface area contributed by atoms with Gasteiger partial charge in [-0.3, -0.25) is 19.4 Å². The number of carbonyl (C=O) groups excluding carboxylic acids is 3. The molecule has 0 aromatic carbocycles. The van der Waals surface area contributed by atoms with E-state index in [4.69, 9.17) is 5.73 Å². The lowest BCUT2D eigenvalue weighted by molar-refractivity contribution is -0.147. The van der Waals surface area contributed by atoms with Crippen LogP contribution in [0.25, 0.3) is 0 Å². The zero-order chi connectivity index (χ0) is 20.8. The van der Waals surface area contributed by atoms with Crippen LogP contribution in [0.1, 0.15) is 31.4 Å². The van der Waals surface area contributed by atoms with Crippen molar-refractivity contribution in [2.75, 3.05) is 13.1 Å². The number of fused-ring (bicyclic) bond motifs is 1. The Bertz CT molecular complexity index is 947. The molecule has 9 nitrogen and oxygen atoms in total. The number of carbonyl (C=O) groups is 3. The second-order valence-electron chi connectivity index (χ2n) is 7.85. The van der Waals surface area contributed by atoms with Crippen LogP contribution in [0.5, 0.6) is 0 Å². The first-order valence-corrected chi connectivity index (χ1v) is 11.2. The van der Waals surface area contributed by atoms with Crippen LogP contribution in [-0.2, 0) is 30.2 Å². The maximum absolute atomic E-state index is 13.0. The average molecular weight is 419 g/mol. The Hall–Kier alpha value is -2.33. The number of sulfonamides is 1. The van der Waals surface area contributed by atoms with E-state index in [2.05, 4.69) is 4.98 Å². The summed E-state index contributed by atoms with van der Waals surface area (Å²) in [6.07, 6.45) is 5.87. The summed E-state index contributed by atoms with van der Waals surface area (Å²) in [7, 11) is -3.94. The molecule has 0 bridgehead atoms. The number of hydrogen-bond acceptors (Lipinski definition) is 6. The molecule has 3 heterocycles. The van der Waals surface area contributed by atoms with E-state index in [1.807, 2.05) is 0 Å². The molecule has 155 valence electrons. The van der Waals surface area contributed by atoms with Crippen LogP contribution in [0.4, 0.5) is 0 Å². The summed E-state index contributed by atoms with van der Waals surface area (Å²) in [6.45, 7) is -0.371. The molecule has 2 amide bonds. The topological polar surface area (TPSA) is 131 Å². The van der Waals surface area contributed by atoms with E-state index in [0.717, 1.165) is 17.1 Å². The maximum atomic E-state index is 13.0. The number of Topliss-reactive ketones (excluding diaryl/α,β-unsaturated/α-hetero) is 1. The van der Waals surface area contributed by atoms with Gasteiger partial charge in [0.2, 0.25) is 15.9 Å². The molecule has 1 aromatic rings. The highest BCUT2D eigenvalue weighted by Crippen LogP contribution is 2.42. The summed E-state index contributed by atoms with van der Waals surface area (Å²) in [4.78, 5) is 43.4. The Morgan fingerprint density at radius 1 is 1.28 bits per heavy atom. The van der Waals surface area contributed by atoms with Gasteiger partial charge >= 0.3 is 0 Å². The minimum Gasteiger partial charge on any atom is -0.367 e. The second-order valence-corrected chi connectivity index (χ2v) is 9.78. The van der Waals surface area contributed by atoms with Crippen LogP contribution in [0, 0.1) is 12.3 Å².